The van der Waals surface area contributed by atoms with Gasteiger partial charge >= 0.3 is 5.97 Å². The zero-order valence-electron chi connectivity index (χ0n) is 17.4. The van der Waals surface area contributed by atoms with Gasteiger partial charge in [0.1, 0.15) is 6.10 Å². The molecular weight excluding hydrogens is 348 g/mol. The summed E-state index contributed by atoms with van der Waals surface area (Å²) in [6, 6.07) is 7.64. The van der Waals surface area contributed by atoms with E-state index in [-0.39, 0.29) is 12.1 Å². The smallest absolute Gasteiger partial charge is 0.338 e. The second kappa shape index (κ2) is 10.8. The van der Waals surface area contributed by atoms with E-state index in [1.807, 2.05) is 24.3 Å². The number of carbonyl (C=O) groups excluding carboxylic acids is 1. The van der Waals surface area contributed by atoms with Crippen LogP contribution in [0.1, 0.15) is 80.6 Å². The summed E-state index contributed by atoms with van der Waals surface area (Å²) in [5.41, 5.74) is 1.74. The molecule has 0 radical (unpaired) electrons. The Bertz CT molecular complexity index is 605. The minimum Gasteiger partial charge on any atom is -0.459 e. The molecule has 1 aromatic rings. The molecule has 3 heteroatoms. The number of benzene rings is 1. The summed E-state index contributed by atoms with van der Waals surface area (Å²) in [6.07, 6.45) is 13.0. The topological polar surface area (TPSA) is 35.5 Å². The van der Waals surface area contributed by atoms with Crippen molar-refractivity contribution < 1.29 is 14.3 Å². The molecule has 2 aliphatic carbocycles. The number of ether oxygens (including phenoxy) is 2. The van der Waals surface area contributed by atoms with Crippen LogP contribution in [-0.4, -0.2) is 18.7 Å². The molecule has 0 atom stereocenters. The Labute approximate surface area is 170 Å². The van der Waals surface area contributed by atoms with Gasteiger partial charge in [-0.2, -0.15) is 0 Å². The highest BCUT2D eigenvalue weighted by Gasteiger charge is 2.31. The van der Waals surface area contributed by atoms with Gasteiger partial charge in [-0.1, -0.05) is 25.1 Å². The molecule has 154 valence electrons. The normalized spacial score (nSPS) is 27.9. The van der Waals surface area contributed by atoms with Gasteiger partial charge in [0.05, 0.1) is 12.2 Å². The summed E-state index contributed by atoms with van der Waals surface area (Å²) in [7, 11) is 0. The van der Waals surface area contributed by atoms with Crippen LogP contribution in [-0.2, 0) is 16.1 Å². The Morgan fingerprint density at radius 2 is 1.61 bits per heavy atom. The first-order valence-corrected chi connectivity index (χ1v) is 11.2. The molecular formula is C25H36O3. The zero-order valence-corrected chi connectivity index (χ0v) is 17.4. The Balaban J connectivity index is 1.40. The Kier molecular flexibility index (Phi) is 8.14. The highest BCUT2D eigenvalue weighted by Crippen LogP contribution is 2.40. The minimum absolute atomic E-state index is 0.0841. The molecule has 0 saturated heterocycles. The van der Waals surface area contributed by atoms with Crippen LogP contribution >= 0.6 is 0 Å². The van der Waals surface area contributed by atoms with E-state index in [1.54, 1.807) is 0 Å². The third kappa shape index (κ3) is 5.94. The lowest BCUT2D eigenvalue weighted by Gasteiger charge is -2.37. The summed E-state index contributed by atoms with van der Waals surface area (Å²) in [5, 5.41) is 0. The van der Waals surface area contributed by atoms with E-state index >= 15 is 0 Å². The van der Waals surface area contributed by atoms with Crippen molar-refractivity contribution in [2.24, 2.45) is 17.8 Å². The molecule has 0 aliphatic heterocycles. The van der Waals surface area contributed by atoms with Gasteiger partial charge in [-0.3, -0.25) is 0 Å². The van der Waals surface area contributed by atoms with Crippen molar-refractivity contribution in [3.05, 3.63) is 48.0 Å². The predicted molar refractivity (Wildman–Crippen MR) is 113 cm³/mol. The molecule has 0 aromatic heterocycles. The fourth-order valence-electron chi connectivity index (χ4n) is 4.82. The fourth-order valence-corrected chi connectivity index (χ4v) is 4.82. The number of carbonyl (C=O) groups is 1. The Hall–Kier alpha value is -1.61. The van der Waals surface area contributed by atoms with E-state index in [0.29, 0.717) is 12.2 Å². The van der Waals surface area contributed by atoms with Gasteiger partial charge in [-0.05, 0) is 93.2 Å². The van der Waals surface area contributed by atoms with Crippen LogP contribution in [0.2, 0.25) is 0 Å². The lowest BCUT2D eigenvalue weighted by molar-refractivity contribution is 0.0113. The summed E-state index contributed by atoms with van der Waals surface area (Å²) in [6.45, 7) is 7.41. The number of allylic oxidation sites excluding steroid dienone is 1. The molecule has 0 bridgehead atoms. The third-order valence-electron chi connectivity index (χ3n) is 6.62. The Morgan fingerprint density at radius 3 is 2.18 bits per heavy atom. The van der Waals surface area contributed by atoms with Crippen LogP contribution in [0, 0.1) is 17.8 Å². The van der Waals surface area contributed by atoms with E-state index in [9.17, 15) is 4.79 Å². The first-order valence-electron chi connectivity index (χ1n) is 11.2. The maximum atomic E-state index is 12.5. The highest BCUT2D eigenvalue weighted by molar-refractivity contribution is 5.89. The quantitative estimate of drug-likeness (QED) is 0.299. The predicted octanol–water partition coefficient (Wildman–Crippen LogP) is 6.32. The summed E-state index contributed by atoms with van der Waals surface area (Å²) >= 11 is 0. The molecule has 2 aliphatic rings. The van der Waals surface area contributed by atoms with Gasteiger partial charge in [0, 0.05) is 6.61 Å². The van der Waals surface area contributed by atoms with Crippen molar-refractivity contribution in [1.82, 2.24) is 0 Å². The fraction of sp³-hybridized carbons (Fsp3) is 0.640. The standard InChI is InChI=1S/C25H36O3/c1-3-17-27-18-20-7-11-23(12-8-20)25(26)28-24-15-13-22(14-16-24)21-9-5-19(4-2)6-10-21/h4,7-8,11-12,19,21-22,24H,2-3,5-6,9-10,13-18H2,1H3/t19-,21-,22?,24?. The Morgan fingerprint density at radius 1 is 1.00 bits per heavy atom. The van der Waals surface area contributed by atoms with Crippen LogP contribution in [0.3, 0.4) is 0 Å². The van der Waals surface area contributed by atoms with E-state index < -0.39 is 0 Å². The second-order valence-corrected chi connectivity index (χ2v) is 8.60. The van der Waals surface area contributed by atoms with E-state index in [2.05, 4.69) is 19.6 Å². The molecule has 0 spiro atoms. The third-order valence-corrected chi connectivity index (χ3v) is 6.62. The van der Waals surface area contributed by atoms with Gasteiger partial charge in [-0.25, -0.2) is 4.79 Å². The van der Waals surface area contributed by atoms with E-state index in [4.69, 9.17) is 9.47 Å². The van der Waals surface area contributed by atoms with Gasteiger partial charge < -0.3 is 9.47 Å². The van der Waals surface area contributed by atoms with Crippen LogP contribution in [0.15, 0.2) is 36.9 Å². The lowest BCUT2D eigenvalue weighted by Crippen LogP contribution is -2.29. The van der Waals surface area contributed by atoms with E-state index in [1.165, 1.54) is 38.5 Å². The number of esters is 1. The molecule has 0 heterocycles. The van der Waals surface area contributed by atoms with Gasteiger partial charge in [-0.15, -0.1) is 6.58 Å². The SMILES string of the molecule is C=C[C@H]1CC[C@H](C2CCC(OC(=O)c3ccc(COCCC)cc3)CC2)CC1. The maximum absolute atomic E-state index is 12.5. The summed E-state index contributed by atoms with van der Waals surface area (Å²) in [4.78, 5) is 12.5. The summed E-state index contributed by atoms with van der Waals surface area (Å²) < 4.78 is 11.3. The monoisotopic (exact) mass is 384 g/mol. The number of rotatable bonds is 8. The van der Waals surface area contributed by atoms with Crippen LogP contribution in [0.4, 0.5) is 0 Å². The highest BCUT2D eigenvalue weighted by atomic mass is 16.5. The molecule has 0 N–H and O–H groups in total. The average Bonchev–Trinajstić information content (AvgIpc) is 2.75. The van der Waals surface area contributed by atoms with Crippen molar-refractivity contribution >= 4 is 5.97 Å². The minimum atomic E-state index is -0.184. The van der Waals surface area contributed by atoms with Crippen molar-refractivity contribution in [3.63, 3.8) is 0 Å². The summed E-state index contributed by atoms with van der Waals surface area (Å²) in [5.74, 6) is 2.24. The number of hydrogen-bond donors (Lipinski definition) is 0. The first-order chi connectivity index (χ1) is 13.7. The van der Waals surface area contributed by atoms with Gasteiger partial charge in [0.15, 0.2) is 0 Å². The van der Waals surface area contributed by atoms with Crippen molar-refractivity contribution in [2.45, 2.75) is 77.4 Å². The molecule has 2 saturated carbocycles. The first kappa shape index (κ1) is 21.1. The van der Waals surface area contributed by atoms with Crippen molar-refractivity contribution in [1.29, 1.82) is 0 Å². The van der Waals surface area contributed by atoms with Gasteiger partial charge in [0.2, 0.25) is 0 Å². The molecule has 3 nitrogen and oxygen atoms in total. The average molecular weight is 385 g/mol. The molecule has 0 amide bonds. The zero-order chi connectivity index (χ0) is 19.8. The largest absolute Gasteiger partial charge is 0.459 e. The molecule has 3 rings (SSSR count). The molecule has 2 fully saturated rings. The maximum Gasteiger partial charge on any atom is 0.338 e. The molecule has 1 aromatic carbocycles. The van der Waals surface area contributed by atoms with Crippen LogP contribution < -0.4 is 0 Å². The van der Waals surface area contributed by atoms with Crippen LogP contribution in [0.5, 0.6) is 0 Å². The van der Waals surface area contributed by atoms with E-state index in [0.717, 1.165) is 49.2 Å². The van der Waals surface area contributed by atoms with Crippen molar-refractivity contribution in [2.75, 3.05) is 6.61 Å². The van der Waals surface area contributed by atoms with Crippen LogP contribution in [0.25, 0.3) is 0 Å². The van der Waals surface area contributed by atoms with Gasteiger partial charge in [0.25, 0.3) is 0 Å². The lowest BCUT2D eigenvalue weighted by atomic mass is 9.70. The number of hydrogen-bond acceptors (Lipinski definition) is 3. The van der Waals surface area contributed by atoms with Crippen molar-refractivity contribution in [3.8, 4) is 0 Å². The molecule has 28 heavy (non-hydrogen) atoms. The second-order valence-electron chi connectivity index (χ2n) is 8.60. The molecule has 0 unspecified atom stereocenters.